The van der Waals surface area contributed by atoms with Gasteiger partial charge in [-0.15, -0.1) is 0 Å². The molecule has 3 aromatic carbocycles. The molecule has 3 aromatic rings. The molecule has 0 spiro atoms. The van der Waals surface area contributed by atoms with Crippen molar-refractivity contribution in [2.45, 2.75) is 25.7 Å². The number of anilines is 1. The first-order valence-electron chi connectivity index (χ1n) is 9.34. The third-order valence-electron chi connectivity index (χ3n) is 4.38. The number of alkyl halides is 3. The minimum absolute atomic E-state index is 0.102. The van der Waals surface area contributed by atoms with E-state index in [1.54, 1.807) is 48.2 Å². The molecule has 0 fully saturated rings. The number of benzene rings is 3. The maximum Gasteiger partial charge on any atom is 0.416 e. The van der Waals surface area contributed by atoms with Gasteiger partial charge in [-0.3, -0.25) is 0 Å². The molecule has 0 saturated carbocycles. The Kier molecular flexibility index (Phi) is 6.62. The van der Waals surface area contributed by atoms with Gasteiger partial charge in [0.25, 0.3) is 0 Å². The second-order valence-electron chi connectivity index (χ2n) is 6.95. The van der Waals surface area contributed by atoms with Crippen LogP contribution >= 0.6 is 0 Å². The van der Waals surface area contributed by atoms with Gasteiger partial charge in [-0.25, -0.2) is 4.39 Å². The summed E-state index contributed by atoms with van der Waals surface area (Å²) in [6.45, 7) is 1.51. The lowest BCUT2D eigenvalue weighted by Gasteiger charge is -2.27. The van der Waals surface area contributed by atoms with Crippen molar-refractivity contribution in [1.82, 2.24) is 0 Å². The van der Waals surface area contributed by atoms with Gasteiger partial charge in [0.05, 0.1) is 11.7 Å². The monoisotopic (exact) mass is 419 g/mol. The van der Waals surface area contributed by atoms with Gasteiger partial charge < -0.3 is 14.7 Å². The fraction of sp³-hybridized carbons (Fsp3) is 0.217. The highest BCUT2D eigenvalue weighted by Crippen LogP contribution is 2.32. The number of para-hydroxylation sites is 1. The first-order chi connectivity index (χ1) is 14.2. The maximum absolute atomic E-state index is 14.3. The fourth-order valence-electron chi connectivity index (χ4n) is 3.03. The highest BCUT2D eigenvalue weighted by Gasteiger charge is 2.31. The van der Waals surface area contributed by atoms with Crippen LogP contribution in [0, 0.1) is 5.82 Å². The number of hydrogen-bond donors (Lipinski definition) is 1. The van der Waals surface area contributed by atoms with Crippen molar-refractivity contribution < 1.29 is 27.4 Å². The van der Waals surface area contributed by atoms with Gasteiger partial charge in [-0.05, 0) is 49.4 Å². The predicted octanol–water partition coefficient (Wildman–Crippen LogP) is 6.02. The van der Waals surface area contributed by atoms with Crippen LogP contribution in [0.2, 0.25) is 0 Å². The molecule has 3 nitrogen and oxygen atoms in total. The van der Waals surface area contributed by atoms with Gasteiger partial charge >= 0.3 is 6.18 Å². The second-order valence-corrected chi connectivity index (χ2v) is 6.95. The number of halogens is 4. The molecule has 0 aromatic heterocycles. The lowest BCUT2D eigenvalue weighted by molar-refractivity contribution is -0.137. The minimum Gasteiger partial charge on any atom is -0.457 e. The van der Waals surface area contributed by atoms with E-state index < -0.39 is 23.7 Å². The Bertz CT molecular complexity index is 974. The number of rotatable bonds is 7. The summed E-state index contributed by atoms with van der Waals surface area (Å²) in [6.07, 6.45) is -5.35. The molecule has 0 aliphatic carbocycles. The van der Waals surface area contributed by atoms with E-state index in [9.17, 15) is 22.7 Å². The molecule has 158 valence electrons. The normalized spacial score (nSPS) is 12.5. The van der Waals surface area contributed by atoms with Crippen LogP contribution in [-0.2, 0) is 12.7 Å². The Labute approximate surface area is 172 Å². The third kappa shape index (κ3) is 5.73. The van der Waals surface area contributed by atoms with E-state index in [1.807, 2.05) is 18.2 Å². The van der Waals surface area contributed by atoms with Crippen molar-refractivity contribution in [1.29, 1.82) is 0 Å². The molecule has 0 bridgehead atoms. The molecule has 0 amide bonds. The summed E-state index contributed by atoms with van der Waals surface area (Å²) in [7, 11) is 0. The molecule has 0 heterocycles. The van der Waals surface area contributed by atoms with Crippen LogP contribution < -0.4 is 9.64 Å². The zero-order chi connectivity index (χ0) is 21.7. The van der Waals surface area contributed by atoms with Crippen molar-refractivity contribution in [3.63, 3.8) is 0 Å². The summed E-state index contributed by atoms with van der Waals surface area (Å²) in [5, 5.41) is 9.87. The topological polar surface area (TPSA) is 32.7 Å². The van der Waals surface area contributed by atoms with E-state index in [1.165, 1.54) is 0 Å². The lowest BCUT2D eigenvalue weighted by Crippen LogP contribution is -2.31. The molecule has 1 unspecified atom stereocenters. The van der Waals surface area contributed by atoms with Gasteiger partial charge in [0.1, 0.15) is 17.3 Å². The molecular formula is C23H21F4NO2. The van der Waals surface area contributed by atoms with Crippen LogP contribution in [0.1, 0.15) is 18.1 Å². The Morgan fingerprint density at radius 1 is 0.933 bits per heavy atom. The van der Waals surface area contributed by atoms with Crippen LogP contribution in [0.25, 0.3) is 0 Å². The molecule has 0 aliphatic rings. The Morgan fingerprint density at radius 3 is 2.30 bits per heavy atom. The molecule has 30 heavy (non-hydrogen) atoms. The molecule has 0 aliphatic heterocycles. The average Bonchev–Trinajstić information content (AvgIpc) is 2.69. The summed E-state index contributed by atoms with van der Waals surface area (Å²) < 4.78 is 59.2. The van der Waals surface area contributed by atoms with Gasteiger partial charge in [0, 0.05) is 30.4 Å². The predicted molar refractivity (Wildman–Crippen MR) is 107 cm³/mol. The van der Waals surface area contributed by atoms with E-state index in [4.69, 9.17) is 4.74 Å². The highest BCUT2D eigenvalue weighted by molar-refractivity contribution is 5.52. The third-order valence-corrected chi connectivity index (χ3v) is 4.38. The number of nitrogens with zero attached hydrogens (tertiary/aromatic N) is 1. The van der Waals surface area contributed by atoms with Crippen LogP contribution in [0.3, 0.4) is 0 Å². The molecule has 1 atom stereocenters. The summed E-state index contributed by atoms with van der Waals surface area (Å²) in [5.41, 5.74) is -0.446. The SMILES string of the molecule is CC(O)CN(Cc1cc(C(F)(F)F)ccc1F)c1cccc(Oc2ccccc2)c1. The van der Waals surface area contributed by atoms with E-state index in [0.717, 1.165) is 12.1 Å². The molecule has 7 heteroatoms. The van der Waals surface area contributed by atoms with Crippen molar-refractivity contribution in [2.24, 2.45) is 0 Å². The Hall–Kier alpha value is -3.06. The second kappa shape index (κ2) is 9.17. The number of ether oxygens (including phenoxy) is 1. The fourth-order valence-corrected chi connectivity index (χ4v) is 3.03. The van der Waals surface area contributed by atoms with Gasteiger partial charge in [-0.1, -0.05) is 24.3 Å². The first-order valence-corrected chi connectivity index (χ1v) is 9.34. The van der Waals surface area contributed by atoms with Crippen molar-refractivity contribution in [3.8, 4) is 11.5 Å². The van der Waals surface area contributed by atoms with Gasteiger partial charge in [-0.2, -0.15) is 13.2 Å². The largest absolute Gasteiger partial charge is 0.457 e. The van der Waals surface area contributed by atoms with Crippen molar-refractivity contribution >= 4 is 5.69 Å². The van der Waals surface area contributed by atoms with Crippen LogP contribution in [0.5, 0.6) is 11.5 Å². The average molecular weight is 419 g/mol. The van der Waals surface area contributed by atoms with Crippen LogP contribution in [0.15, 0.2) is 72.8 Å². The first kappa shape index (κ1) is 21.6. The zero-order valence-corrected chi connectivity index (χ0v) is 16.2. The Morgan fingerprint density at radius 2 is 1.63 bits per heavy atom. The highest BCUT2D eigenvalue weighted by atomic mass is 19.4. The lowest BCUT2D eigenvalue weighted by atomic mass is 10.1. The zero-order valence-electron chi connectivity index (χ0n) is 16.2. The number of aliphatic hydroxyl groups excluding tert-OH is 1. The molecule has 3 rings (SSSR count). The summed E-state index contributed by atoms with van der Waals surface area (Å²) >= 11 is 0. The van der Waals surface area contributed by atoms with E-state index in [2.05, 4.69) is 0 Å². The van der Waals surface area contributed by atoms with Gasteiger partial charge in [0.2, 0.25) is 0 Å². The minimum atomic E-state index is -4.57. The maximum atomic E-state index is 14.3. The molecule has 1 N–H and O–H groups in total. The van der Waals surface area contributed by atoms with Crippen molar-refractivity contribution in [2.75, 3.05) is 11.4 Å². The molecule has 0 radical (unpaired) electrons. The van der Waals surface area contributed by atoms with Crippen molar-refractivity contribution in [3.05, 3.63) is 89.7 Å². The quantitative estimate of drug-likeness (QED) is 0.475. The van der Waals surface area contributed by atoms with Gasteiger partial charge in [0.15, 0.2) is 0 Å². The van der Waals surface area contributed by atoms with Crippen LogP contribution in [0.4, 0.5) is 23.2 Å². The van der Waals surface area contributed by atoms with E-state index in [-0.39, 0.29) is 18.7 Å². The van der Waals surface area contributed by atoms with E-state index >= 15 is 0 Å². The Balaban J connectivity index is 1.89. The summed E-state index contributed by atoms with van der Waals surface area (Å²) in [5.74, 6) is 0.398. The smallest absolute Gasteiger partial charge is 0.416 e. The molecule has 0 saturated heterocycles. The van der Waals surface area contributed by atoms with E-state index in [0.29, 0.717) is 23.3 Å². The number of hydrogen-bond acceptors (Lipinski definition) is 3. The summed E-state index contributed by atoms with van der Waals surface area (Å²) in [4.78, 5) is 1.61. The standard InChI is InChI=1S/C23H21F4NO2/c1-16(29)14-28(15-17-12-18(23(25,26)27)10-11-22(17)24)19-6-5-9-21(13-19)30-20-7-3-2-4-8-20/h2-13,16,29H,14-15H2,1H3. The van der Waals surface area contributed by atoms with Crippen LogP contribution in [-0.4, -0.2) is 17.8 Å². The number of aliphatic hydroxyl groups is 1. The molecular weight excluding hydrogens is 398 g/mol. The summed E-state index contributed by atoms with van der Waals surface area (Å²) in [6, 6.07) is 18.3.